The fraction of sp³-hybridized carbons (Fsp3) is 0.939. The maximum absolute atomic E-state index is 13.5. The average molecular weight is 633 g/mol. The molecule has 0 aliphatic carbocycles. The lowest BCUT2D eigenvalue weighted by atomic mass is 10.0. The van der Waals surface area contributed by atoms with E-state index in [0.29, 0.717) is 18.8 Å². The first kappa shape index (κ1) is 40.1. The molecule has 1 aliphatic rings. The van der Waals surface area contributed by atoms with Gasteiger partial charge in [-0.05, 0) is 12.8 Å². The first-order chi connectivity index (χ1) is 20.7. The lowest BCUT2D eigenvalue weighted by Gasteiger charge is -2.29. The summed E-state index contributed by atoms with van der Waals surface area (Å²) in [5.74, 6) is -1.31. The molecule has 0 spiro atoms. The second kappa shape index (κ2) is 25.3. The van der Waals surface area contributed by atoms with E-state index in [4.69, 9.17) is 5.11 Å². The van der Waals surface area contributed by atoms with Crippen molar-refractivity contribution in [1.29, 1.82) is 0 Å². The SMILES string of the molecule is CCCCCCCCCCCCN(CCCCCCCCCCCC)C(=O)C1CSC([C@@H](O)[C@@H](O)[C@H](O)[C@H](O)C(=O)O)N1. The Balaban J connectivity index is 2.53. The van der Waals surface area contributed by atoms with Gasteiger partial charge in [-0.1, -0.05) is 129 Å². The van der Waals surface area contributed by atoms with Gasteiger partial charge in [0.25, 0.3) is 0 Å². The quantitative estimate of drug-likeness (QED) is 0.0639. The summed E-state index contributed by atoms with van der Waals surface area (Å²) in [4.78, 5) is 26.4. The van der Waals surface area contributed by atoms with Crippen LogP contribution in [-0.2, 0) is 9.59 Å². The molecule has 0 aromatic carbocycles. The van der Waals surface area contributed by atoms with Gasteiger partial charge in [0.1, 0.15) is 18.3 Å². The highest BCUT2D eigenvalue weighted by molar-refractivity contribution is 8.00. The molecule has 43 heavy (non-hydrogen) atoms. The summed E-state index contributed by atoms with van der Waals surface area (Å²) in [6.07, 6.45) is 17.0. The number of amides is 1. The predicted molar refractivity (Wildman–Crippen MR) is 175 cm³/mol. The molecule has 2 unspecified atom stereocenters. The molecule has 1 amide bonds. The molecular weight excluding hydrogens is 568 g/mol. The Morgan fingerprint density at radius 2 is 1.07 bits per heavy atom. The van der Waals surface area contributed by atoms with Crippen LogP contribution in [0.5, 0.6) is 0 Å². The Hall–Kier alpha value is -0.910. The van der Waals surface area contributed by atoms with E-state index in [1.54, 1.807) is 0 Å². The van der Waals surface area contributed by atoms with Gasteiger partial charge in [0, 0.05) is 18.8 Å². The fourth-order valence-corrected chi connectivity index (χ4v) is 6.94. The number of carboxylic acid groups (broad SMARTS) is 1. The van der Waals surface area contributed by atoms with E-state index < -0.39 is 41.8 Å². The molecule has 9 nitrogen and oxygen atoms in total. The summed E-state index contributed by atoms with van der Waals surface area (Å²) in [5.41, 5.74) is 0. The number of unbranched alkanes of at least 4 members (excludes halogenated alkanes) is 18. The van der Waals surface area contributed by atoms with Crippen LogP contribution in [0, 0.1) is 0 Å². The number of carbonyl (C=O) groups is 2. The monoisotopic (exact) mass is 632 g/mol. The highest BCUT2D eigenvalue weighted by atomic mass is 32.2. The number of thioether (sulfide) groups is 1. The van der Waals surface area contributed by atoms with E-state index >= 15 is 0 Å². The third kappa shape index (κ3) is 17.4. The Morgan fingerprint density at radius 3 is 1.47 bits per heavy atom. The number of aliphatic carboxylic acids is 1. The molecular formula is C33H64N2O7S. The van der Waals surface area contributed by atoms with Gasteiger partial charge >= 0.3 is 5.97 Å². The summed E-state index contributed by atoms with van der Waals surface area (Å²) < 4.78 is 0. The van der Waals surface area contributed by atoms with Crippen LogP contribution in [0.1, 0.15) is 142 Å². The number of nitrogens with one attached hydrogen (secondary N) is 1. The van der Waals surface area contributed by atoms with Crippen LogP contribution in [-0.4, -0.2) is 97.0 Å². The van der Waals surface area contributed by atoms with Gasteiger partial charge in [-0.2, -0.15) is 0 Å². The van der Waals surface area contributed by atoms with Gasteiger partial charge < -0.3 is 30.4 Å². The molecule has 0 aromatic heterocycles. The van der Waals surface area contributed by atoms with Crippen molar-refractivity contribution in [1.82, 2.24) is 10.2 Å². The van der Waals surface area contributed by atoms with Gasteiger partial charge in [-0.15, -0.1) is 11.8 Å². The molecule has 0 saturated carbocycles. The van der Waals surface area contributed by atoms with Crippen molar-refractivity contribution in [3.63, 3.8) is 0 Å². The standard InChI is InChI=1S/C33H64N2O7S/c1-3-5-7-9-11-13-15-17-19-21-23-35(24-22-20-18-16-14-12-10-8-6-4-2)32(40)26-25-43-31(34-26)29(38)27(36)28(37)30(39)33(41)42/h26-31,34,36-39H,3-25H2,1-2H3,(H,41,42)/t26?,27-,28-,29-,30-,31?/m0/s1. The van der Waals surface area contributed by atoms with Crippen molar-refractivity contribution >= 4 is 23.6 Å². The Bertz CT molecular complexity index is 693. The molecule has 1 fully saturated rings. The molecule has 6 N–H and O–H groups in total. The predicted octanol–water partition coefficient (Wildman–Crippen LogP) is 5.22. The number of carbonyl (C=O) groups excluding carboxylic acids is 1. The zero-order valence-corrected chi connectivity index (χ0v) is 28.0. The van der Waals surface area contributed by atoms with E-state index in [2.05, 4.69) is 19.2 Å². The van der Waals surface area contributed by atoms with Crippen LogP contribution >= 0.6 is 11.8 Å². The van der Waals surface area contributed by atoms with Gasteiger partial charge in [0.05, 0.1) is 11.4 Å². The van der Waals surface area contributed by atoms with Gasteiger partial charge in [-0.3, -0.25) is 10.1 Å². The fourth-order valence-electron chi connectivity index (χ4n) is 5.68. The van der Waals surface area contributed by atoms with Crippen molar-refractivity contribution in [2.75, 3.05) is 18.8 Å². The molecule has 1 saturated heterocycles. The topological polar surface area (TPSA) is 151 Å². The third-order valence-corrected chi connectivity index (χ3v) is 9.87. The number of aliphatic hydroxyl groups is 4. The van der Waals surface area contributed by atoms with E-state index in [1.807, 2.05) is 4.90 Å². The number of hydrogen-bond acceptors (Lipinski definition) is 8. The van der Waals surface area contributed by atoms with Crippen LogP contribution in [0.15, 0.2) is 0 Å². The Kier molecular flexibility index (Phi) is 23.6. The number of nitrogens with zero attached hydrogens (tertiary/aromatic N) is 1. The summed E-state index contributed by atoms with van der Waals surface area (Å²) in [7, 11) is 0. The average Bonchev–Trinajstić information content (AvgIpc) is 3.50. The number of rotatable bonds is 28. The van der Waals surface area contributed by atoms with Crippen molar-refractivity contribution in [2.24, 2.45) is 0 Å². The smallest absolute Gasteiger partial charge is 0.335 e. The van der Waals surface area contributed by atoms with Crippen LogP contribution in [0.4, 0.5) is 0 Å². The maximum atomic E-state index is 13.5. The molecule has 10 heteroatoms. The summed E-state index contributed by atoms with van der Waals surface area (Å²) >= 11 is 1.25. The first-order valence-corrected chi connectivity index (χ1v) is 18.4. The molecule has 254 valence electrons. The zero-order chi connectivity index (χ0) is 31.9. The number of carboxylic acids is 1. The highest BCUT2D eigenvalue weighted by Gasteiger charge is 2.42. The van der Waals surface area contributed by atoms with Crippen molar-refractivity contribution in [3.8, 4) is 0 Å². The summed E-state index contributed by atoms with van der Waals surface area (Å²) in [6.45, 7) is 5.88. The minimum Gasteiger partial charge on any atom is -0.479 e. The lowest BCUT2D eigenvalue weighted by Crippen LogP contribution is -2.54. The Morgan fingerprint density at radius 1 is 0.674 bits per heavy atom. The first-order valence-electron chi connectivity index (χ1n) is 17.4. The van der Waals surface area contributed by atoms with Gasteiger partial charge in [0.15, 0.2) is 6.10 Å². The van der Waals surface area contributed by atoms with Crippen LogP contribution < -0.4 is 5.32 Å². The van der Waals surface area contributed by atoms with Gasteiger partial charge in [0.2, 0.25) is 5.91 Å². The highest BCUT2D eigenvalue weighted by Crippen LogP contribution is 2.26. The van der Waals surface area contributed by atoms with E-state index in [-0.39, 0.29) is 5.91 Å². The number of hydrogen-bond donors (Lipinski definition) is 6. The molecule has 0 radical (unpaired) electrons. The van der Waals surface area contributed by atoms with Crippen LogP contribution in [0.25, 0.3) is 0 Å². The maximum Gasteiger partial charge on any atom is 0.335 e. The van der Waals surface area contributed by atoms with Crippen LogP contribution in [0.2, 0.25) is 0 Å². The largest absolute Gasteiger partial charge is 0.479 e. The molecule has 6 atom stereocenters. The molecule has 0 aromatic rings. The minimum absolute atomic E-state index is 0.0188. The van der Waals surface area contributed by atoms with Crippen molar-refractivity contribution < 1.29 is 35.1 Å². The van der Waals surface area contributed by atoms with Gasteiger partial charge in [-0.25, -0.2) is 4.79 Å². The summed E-state index contributed by atoms with van der Waals surface area (Å²) in [5, 5.41) is 51.5. The second-order valence-electron chi connectivity index (χ2n) is 12.4. The molecule has 1 rings (SSSR count). The normalized spacial score (nSPS) is 19.7. The molecule has 1 heterocycles. The molecule has 1 aliphatic heterocycles. The van der Waals surface area contributed by atoms with E-state index in [1.165, 1.54) is 114 Å². The third-order valence-electron chi connectivity index (χ3n) is 8.57. The van der Waals surface area contributed by atoms with E-state index in [0.717, 1.165) is 25.7 Å². The minimum atomic E-state index is -2.22. The molecule has 0 bridgehead atoms. The Labute approximate surface area is 265 Å². The number of aliphatic hydroxyl groups excluding tert-OH is 4. The van der Waals surface area contributed by atoms with E-state index in [9.17, 15) is 30.0 Å². The van der Waals surface area contributed by atoms with Crippen molar-refractivity contribution in [3.05, 3.63) is 0 Å². The van der Waals surface area contributed by atoms with Crippen molar-refractivity contribution in [2.45, 2.75) is 178 Å². The summed E-state index contributed by atoms with van der Waals surface area (Å²) in [6, 6.07) is -0.537. The lowest BCUT2D eigenvalue weighted by molar-refractivity contribution is -0.162. The van der Waals surface area contributed by atoms with Crippen LogP contribution in [0.3, 0.4) is 0 Å². The zero-order valence-electron chi connectivity index (χ0n) is 27.1. The second-order valence-corrected chi connectivity index (χ2v) is 13.6.